The van der Waals surface area contributed by atoms with Crippen molar-refractivity contribution in [1.29, 1.82) is 0 Å². The maximum Gasteiger partial charge on any atom is 0.255 e. The molecule has 0 radical (unpaired) electrons. The van der Waals surface area contributed by atoms with E-state index in [9.17, 15) is 9.59 Å². The number of aromatic nitrogens is 1. The van der Waals surface area contributed by atoms with Gasteiger partial charge in [-0.2, -0.15) is 0 Å². The summed E-state index contributed by atoms with van der Waals surface area (Å²) in [7, 11) is 3.06. The van der Waals surface area contributed by atoms with Gasteiger partial charge in [0.1, 0.15) is 5.75 Å². The first-order valence-corrected chi connectivity index (χ1v) is 12.9. The zero-order chi connectivity index (χ0) is 25.5. The Hall–Kier alpha value is -3.76. The highest BCUT2D eigenvalue weighted by atomic mass is 32.2. The number of amides is 2. The molecule has 2 N–H and O–H groups in total. The molecule has 186 valence electrons. The van der Waals surface area contributed by atoms with E-state index >= 15 is 0 Å². The number of nitrogens with one attached hydrogen (secondary N) is 2. The number of fused-ring (bicyclic) bond motifs is 1. The van der Waals surface area contributed by atoms with Crippen molar-refractivity contribution < 1.29 is 23.8 Å². The fourth-order valence-electron chi connectivity index (χ4n) is 3.36. The quantitative estimate of drug-likeness (QED) is 0.258. The van der Waals surface area contributed by atoms with Gasteiger partial charge in [0.25, 0.3) is 5.91 Å². The SMILES string of the molecule is CCOc1ccc2nc(NC(=O)CSc3cccc(NC(=O)c4ccc(OC)c(OC)c4)c3)sc2c1. The predicted octanol–water partition coefficient (Wildman–Crippen LogP) is 5.70. The molecular weight excluding hydrogens is 498 g/mol. The van der Waals surface area contributed by atoms with Gasteiger partial charge in [0.15, 0.2) is 16.6 Å². The molecule has 0 spiro atoms. The Labute approximate surface area is 217 Å². The van der Waals surface area contributed by atoms with Crippen LogP contribution in [0, 0.1) is 0 Å². The van der Waals surface area contributed by atoms with Gasteiger partial charge in [-0.3, -0.25) is 9.59 Å². The highest BCUT2D eigenvalue weighted by molar-refractivity contribution is 8.00. The molecule has 36 heavy (non-hydrogen) atoms. The van der Waals surface area contributed by atoms with Crippen molar-refractivity contribution in [3.63, 3.8) is 0 Å². The van der Waals surface area contributed by atoms with Crippen molar-refractivity contribution in [3.8, 4) is 17.2 Å². The number of thioether (sulfide) groups is 1. The fourth-order valence-corrected chi connectivity index (χ4v) is 5.03. The van der Waals surface area contributed by atoms with Gasteiger partial charge in [-0.15, -0.1) is 11.8 Å². The fraction of sp³-hybridized carbons (Fsp3) is 0.192. The number of thiazole rings is 1. The van der Waals surface area contributed by atoms with E-state index in [1.165, 1.54) is 30.2 Å². The second-order valence-electron chi connectivity index (χ2n) is 7.47. The summed E-state index contributed by atoms with van der Waals surface area (Å²) in [6.45, 7) is 2.52. The molecule has 1 aromatic heterocycles. The number of ether oxygens (including phenoxy) is 3. The zero-order valence-corrected chi connectivity index (χ0v) is 21.6. The van der Waals surface area contributed by atoms with Gasteiger partial charge in [0.2, 0.25) is 5.91 Å². The van der Waals surface area contributed by atoms with Crippen LogP contribution >= 0.6 is 23.1 Å². The number of carbonyl (C=O) groups is 2. The molecule has 0 aliphatic rings. The molecule has 0 fully saturated rings. The Morgan fingerprint density at radius 3 is 2.58 bits per heavy atom. The Morgan fingerprint density at radius 1 is 0.972 bits per heavy atom. The molecule has 8 nitrogen and oxygen atoms in total. The van der Waals surface area contributed by atoms with Gasteiger partial charge in [-0.1, -0.05) is 17.4 Å². The summed E-state index contributed by atoms with van der Waals surface area (Å²) in [6, 6.07) is 18.0. The normalized spacial score (nSPS) is 10.6. The third-order valence-corrected chi connectivity index (χ3v) is 6.95. The minimum absolute atomic E-state index is 0.163. The molecule has 4 aromatic rings. The minimum Gasteiger partial charge on any atom is -0.494 e. The summed E-state index contributed by atoms with van der Waals surface area (Å²) in [4.78, 5) is 30.5. The standard InChI is InChI=1S/C26H25N3O5S2/c1-4-34-18-9-10-20-23(14-18)36-26(28-20)29-24(30)15-35-19-7-5-6-17(13-19)27-25(31)16-8-11-21(32-2)22(12-16)33-3/h5-14H,4,15H2,1-3H3,(H,27,31)(H,28,29,30). The van der Waals surface area contributed by atoms with Crippen molar-refractivity contribution in [1.82, 2.24) is 4.98 Å². The maximum absolute atomic E-state index is 12.7. The van der Waals surface area contributed by atoms with Crippen molar-refractivity contribution in [3.05, 3.63) is 66.2 Å². The van der Waals surface area contributed by atoms with Gasteiger partial charge < -0.3 is 24.8 Å². The van der Waals surface area contributed by atoms with Crippen LogP contribution in [0.4, 0.5) is 10.8 Å². The maximum atomic E-state index is 12.7. The number of nitrogens with zero attached hydrogens (tertiary/aromatic N) is 1. The highest BCUT2D eigenvalue weighted by Gasteiger charge is 2.13. The van der Waals surface area contributed by atoms with Crippen LogP contribution in [0.1, 0.15) is 17.3 Å². The first kappa shape index (κ1) is 25.3. The van der Waals surface area contributed by atoms with Gasteiger partial charge in [0.05, 0.1) is 36.8 Å². The highest BCUT2D eigenvalue weighted by Crippen LogP contribution is 2.30. The van der Waals surface area contributed by atoms with E-state index in [2.05, 4.69) is 15.6 Å². The van der Waals surface area contributed by atoms with E-state index in [0.717, 1.165) is 20.9 Å². The molecule has 0 atom stereocenters. The molecule has 0 saturated carbocycles. The lowest BCUT2D eigenvalue weighted by atomic mass is 10.2. The molecule has 3 aromatic carbocycles. The number of carbonyl (C=O) groups excluding carboxylic acids is 2. The molecular formula is C26H25N3O5S2. The number of methoxy groups -OCH3 is 2. The number of hydrogen-bond acceptors (Lipinski definition) is 8. The first-order chi connectivity index (χ1) is 17.5. The minimum atomic E-state index is -0.279. The van der Waals surface area contributed by atoms with Crippen LogP contribution in [0.5, 0.6) is 17.2 Å². The number of rotatable bonds is 10. The van der Waals surface area contributed by atoms with Gasteiger partial charge in [-0.25, -0.2) is 4.98 Å². The van der Waals surface area contributed by atoms with E-state index in [1.54, 1.807) is 31.4 Å². The largest absolute Gasteiger partial charge is 0.494 e. The summed E-state index contributed by atoms with van der Waals surface area (Å²) in [5, 5.41) is 6.27. The van der Waals surface area contributed by atoms with E-state index < -0.39 is 0 Å². The van der Waals surface area contributed by atoms with E-state index in [4.69, 9.17) is 14.2 Å². The smallest absolute Gasteiger partial charge is 0.255 e. The molecule has 0 saturated heterocycles. The first-order valence-electron chi connectivity index (χ1n) is 11.1. The van der Waals surface area contributed by atoms with E-state index in [1.807, 2.05) is 43.3 Å². The predicted molar refractivity (Wildman–Crippen MR) is 144 cm³/mol. The van der Waals surface area contributed by atoms with E-state index in [-0.39, 0.29) is 17.6 Å². The number of benzene rings is 3. The van der Waals surface area contributed by atoms with Crippen molar-refractivity contribution in [2.75, 3.05) is 37.2 Å². The van der Waals surface area contributed by atoms with Crippen LogP contribution in [0.25, 0.3) is 10.2 Å². The van der Waals surface area contributed by atoms with Crippen molar-refractivity contribution >= 4 is 55.9 Å². The Bertz CT molecular complexity index is 1390. The second-order valence-corrected chi connectivity index (χ2v) is 9.55. The van der Waals surface area contributed by atoms with E-state index in [0.29, 0.717) is 34.5 Å². The van der Waals surface area contributed by atoms with Crippen molar-refractivity contribution in [2.45, 2.75) is 11.8 Å². The van der Waals surface area contributed by atoms with Crippen LogP contribution < -0.4 is 24.8 Å². The molecule has 0 aliphatic heterocycles. The summed E-state index contributed by atoms with van der Waals surface area (Å²) in [6.07, 6.45) is 0. The van der Waals surface area contributed by atoms with Crippen LogP contribution in [-0.4, -0.2) is 43.4 Å². The van der Waals surface area contributed by atoms with Crippen molar-refractivity contribution in [2.24, 2.45) is 0 Å². The second kappa shape index (κ2) is 11.8. The third-order valence-electron chi connectivity index (χ3n) is 5.02. The van der Waals surface area contributed by atoms with Crippen LogP contribution in [0.2, 0.25) is 0 Å². The van der Waals surface area contributed by atoms with Crippen LogP contribution in [-0.2, 0) is 4.79 Å². The topological polar surface area (TPSA) is 98.8 Å². The molecule has 0 unspecified atom stereocenters. The molecule has 0 bridgehead atoms. The lowest BCUT2D eigenvalue weighted by Gasteiger charge is -2.10. The van der Waals surface area contributed by atoms with Gasteiger partial charge in [-0.05, 0) is 61.5 Å². The molecule has 10 heteroatoms. The Balaban J connectivity index is 1.34. The van der Waals surface area contributed by atoms with Crippen LogP contribution in [0.15, 0.2) is 65.6 Å². The average Bonchev–Trinajstić information content (AvgIpc) is 3.28. The molecule has 0 aliphatic carbocycles. The summed E-state index contributed by atoms with van der Waals surface area (Å²) in [5.41, 5.74) is 1.87. The lowest BCUT2D eigenvalue weighted by molar-refractivity contribution is -0.113. The Kier molecular flexibility index (Phi) is 8.29. The summed E-state index contributed by atoms with van der Waals surface area (Å²) < 4.78 is 17.0. The summed E-state index contributed by atoms with van der Waals surface area (Å²) >= 11 is 2.77. The molecule has 2 amide bonds. The Morgan fingerprint density at radius 2 is 1.81 bits per heavy atom. The van der Waals surface area contributed by atoms with Crippen LogP contribution in [0.3, 0.4) is 0 Å². The monoisotopic (exact) mass is 523 g/mol. The lowest BCUT2D eigenvalue weighted by Crippen LogP contribution is -2.14. The number of hydrogen-bond donors (Lipinski definition) is 2. The van der Waals surface area contributed by atoms with Gasteiger partial charge in [0, 0.05) is 16.1 Å². The average molecular weight is 524 g/mol. The number of anilines is 2. The molecule has 4 rings (SSSR count). The van der Waals surface area contributed by atoms with Gasteiger partial charge >= 0.3 is 0 Å². The molecule has 1 heterocycles. The zero-order valence-electron chi connectivity index (χ0n) is 20.0. The summed E-state index contributed by atoms with van der Waals surface area (Å²) in [5.74, 6) is 1.56. The third kappa shape index (κ3) is 6.27.